The van der Waals surface area contributed by atoms with Crippen molar-refractivity contribution in [2.24, 2.45) is 0 Å². The monoisotopic (exact) mass is 338 g/mol. The Hall–Kier alpha value is -0.910. The summed E-state index contributed by atoms with van der Waals surface area (Å²) in [5, 5.41) is 9.95. The van der Waals surface area contributed by atoms with Gasteiger partial charge in [-0.25, -0.2) is 0 Å². The fraction of sp³-hybridized carbons (Fsp3) is 0.412. The van der Waals surface area contributed by atoms with Gasteiger partial charge in [0.2, 0.25) is 0 Å². The van der Waals surface area contributed by atoms with Gasteiger partial charge in [0.25, 0.3) is 0 Å². The molecule has 1 saturated heterocycles. The van der Waals surface area contributed by atoms with Crippen LogP contribution < -0.4 is 0 Å². The molecular weight excluding hydrogens is 320 g/mol. The van der Waals surface area contributed by atoms with Crippen molar-refractivity contribution in [1.29, 1.82) is 0 Å². The molecular formula is C17H19ClO3S. The van der Waals surface area contributed by atoms with Gasteiger partial charge in [0.05, 0.1) is 18.1 Å². The Bertz CT molecular complexity index is 647. The maximum absolute atomic E-state index is 9.22. The van der Waals surface area contributed by atoms with Crippen LogP contribution in [0.1, 0.15) is 32.7 Å². The molecule has 118 valence electrons. The number of hydrogen-bond acceptors (Lipinski definition) is 4. The van der Waals surface area contributed by atoms with Gasteiger partial charge in [-0.3, -0.25) is 0 Å². The number of rotatable bonds is 5. The van der Waals surface area contributed by atoms with E-state index < -0.39 is 0 Å². The highest BCUT2D eigenvalue weighted by atomic mass is 35.5. The third-order valence-corrected chi connectivity index (χ3v) is 5.17. The van der Waals surface area contributed by atoms with Crippen LogP contribution >= 0.6 is 22.9 Å². The fourth-order valence-corrected chi connectivity index (χ4v) is 3.93. The van der Waals surface area contributed by atoms with Gasteiger partial charge >= 0.3 is 0 Å². The van der Waals surface area contributed by atoms with E-state index >= 15 is 0 Å². The third kappa shape index (κ3) is 3.53. The van der Waals surface area contributed by atoms with Gasteiger partial charge in [-0.15, -0.1) is 11.3 Å². The molecule has 1 fully saturated rings. The first-order valence-corrected chi connectivity index (χ1v) is 8.57. The van der Waals surface area contributed by atoms with Crippen molar-refractivity contribution < 1.29 is 14.6 Å². The number of hydrogen-bond donors (Lipinski definition) is 1. The SMILES string of the molecule is Cc1sc(C2OCCO2)cc1Cc1cc(Cl)ccc1CCO. The molecule has 3 rings (SSSR count). The molecule has 3 nitrogen and oxygen atoms in total. The summed E-state index contributed by atoms with van der Waals surface area (Å²) < 4.78 is 11.1. The van der Waals surface area contributed by atoms with E-state index in [-0.39, 0.29) is 12.9 Å². The summed E-state index contributed by atoms with van der Waals surface area (Å²) >= 11 is 7.85. The summed E-state index contributed by atoms with van der Waals surface area (Å²) in [4.78, 5) is 2.39. The predicted octanol–water partition coefficient (Wildman–Crippen LogP) is 3.88. The molecule has 1 aliphatic rings. The topological polar surface area (TPSA) is 38.7 Å². The van der Waals surface area contributed by atoms with Crippen molar-refractivity contribution in [3.63, 3.8) is 0 Å². The first kappa shape index (κ1) is 16.0. The van der Waals surface area contributed by atoms with E-state index in [4.69, 9.17) is 21.1 Å². The highest BCUT2D eigenvalue weighted by Gasteiger charge is 2.21. The quantitative estimate of drug-likeness (QED) is 0.899. The van der Waals surface area contributed by atoms with E-state index in [1.807, 2.05) is 18.2 Å². The van der Waals surface area contributed by atoms with Gasteiger partial charge < -0.3 is 14.6 Å². The molecule has 0 unspecified atom stereocenters. The Balaban J connectivity index is 1.85. The molecule has 22 heavy (non-hydrogen) atoms. The van der Waals surface area contributed by atoms with Crippen molar-refractivity contribution in [2.75, 3.05) is 19.8 Å². The zero-order chi connectivity index (χ0) is 15.5. The molecule has 1 N–H and O–H groups in total. The molecule has 0 spiro atoms. The van der Waals surface area contributed by atoms with Crippen molar-refractivity contribution in [2.45, 2.75) is 26.1 Å². The lowest BCUT2D eigenvalue weighted by Crippen LogP contribution is -1.99. The van der Waals surface area contributed by atoms with E-state index in [1.54, 1.807) is 11.3 Å². The Morgan fingerprint density at radius 3 is 2.68 bits per heavy atom. The second-order valence-electron chi connectivity index (χ2n) is 5.37. The van der Waals surface area contributed by atoms with Crippen LogP contribution in [0.25, 0.3) is 0 Å². The van der Waals surface area contributed by atoms with Crippen LogP contribution in [0.4, 0.5) is 0 Å². The van der Waals surface area contributed by atoms with Gasteiger partial charge in [-0.1, -0.05) is 17.7 Å². The molecule has 0 bridgehead atoms. The lowest BCUT2D eigenvalue weighted by Gasteiger charge is -2.09. The Morgan fingerprint density at radius 2 is 1.95 bits per heavy atom. The highest BCUT2D eigenvalue weighted by molar-refractivity contribution is 7.12. The summed E-state index contributed by atoms with van der Waals surface area (Å²) in [7, 11) is 0. The Labute approximate surface area is 139 Å². The summed E-state index contributed by atoms with van der Waals surface area (Å²) in [5.41, 5.74) is 3.58. The molecule has 1 aliphatic heterocycles. The average molecular weight is 339 g/mol. The molecule has 0 saturated carbocycles. The molecule has 1 aromatic carbocycles. The van der Waals surface area contributed by atoms with Crippen LogP contribution in [0.3, 0.4) is 0 Å². The van der Waals surface area contributed by atoms with Crippen LogP contribution in [-0.2, 0) is 22.3 Å². The third-order valence-electron chi connectivity index (χ3n) is 3.82. The van der Waals surface area contributed by atoms with Crippen LogP contribution in [-0.4, -0.2) is 24.9 Å². The summed E-state index contributed by atoms with van der Waals surface area (Å²) in [6.45, 7) is 3.58. The van der Waals surface area contributed by atoms with Crippen LogP contribution in [0.5, 0.6) is 0 Å². The molecule has 2 aromatic rings. The number of halogens is 1. The second kappa shape index (κ2) is 7.11. The zero-order valence-corrected chi connectivity index (χ0v) is 14.0. The molecule has 0 aliphatic carbocycles. The molecule has 5 heteroatoms. The van der Waals surface area contributed by atoms with Crippen molar-refractivity contribution >= 4 is 22.9 Å². The normalized spacial score (nSPS) is 15.6. The Kier molecular flexibility index (Phi) is 5.16. The van der Waals surface area contributed by atoms with Gasteiger partial charge in [-0.05, 0) is 54.7 Å². The predicted molar refractivity (Wildman–Crippen MR) is 88.7 cm³/mol. The zero-order valence-electron chi connectivity index (χ0n) is 12.5. The maximum Gasteiger partial charge on any atom is 0.193 e. The van der Waals surface area contributed by atoms with Gasteiger partial charge in [-0.2, -0.15) is 0 Å². The van der Waals surface area contributed by atoms with E-state index in [0.29, 0.717) is 19.6 Å². The van der Waals surface area contributed by atoms with Crippen LogP contribution in [0.2, 0.25) is 5.02 Å². The number of benzene rings is 1. The lowest BCUT2D eigenvalue weighted by atomic mass is 9.98. The minimum atomic E-state index is -0.214. The van der Waals surface area contributed by atoms with E-state index in [1.165, 1.54) is 16.0 Å². The number of aryl methyl sites for hydroxylation is 1. The smallest absolute Gasteiger partial charge is 0.193 e. The summed E-state index contributed by atoms with van der Waals surface area (Å²) in [6, 6.07) is 8.04. The first-order chi connectivity index (χ1) is 10.7. The molecule has 0 amide bonds. The standard InChI is InChI=1S/C17H19ClO3S/c1-11-13(10-16(22-11)17-20-6-7-21-17)8-14-9-15(18)3-2-12(14)4-5-19/h2-3,9-10,17,19H,4-8H2,1H3. The second-order valence-corrected chi connectivity index (χ2v) is 7.09. The molecule has 0 radical (unpaired) electrons. The van der Waals surface area contributed by atoms with Gasteiger partial charge in [0.1, 0.15) is 0 Å². The largest absolute Gasteiger partial charge is 0.396 e. The Morgan fingerprint density at radius 1 is 1.18 bits per heavy atom. The van der Waals surface area contributed by atoms with E-state index in [2.05, 4.69) is 13.0 Å². The number of aliphatic hydroxyl groups excluding tert-OH is 1. The van der Waals surface area contributed by atoms with Crippen molar-refractivity contribution in [3.05, 3.63) is 55.7 Å². The van der Waals surface area contributed by atoms with Crippen molar-refractivity contribution in [1.82, 2.24) is 0 Å². The van der Waals surface area contributed by atoms with E-state index in [0.717, 1.165) is 21.9 Å². The average Bonchev–Trinajstić information content (AvgIpc) is 3.12. The molecule has 1 aromatic heterocycles. The number of ether oxygens (including phenoxy) is 2. The fourth-order valence-electron chi connectivity index (χ4n) is 2.69. The molecule has 2 heterocycles. The lowest BCUT2D eigenvalue weighted by molar-refractivity contribution is -0.0413. The van der Waals surface area contributed by atoms with Gasteiger partial charge in [0.15, 0.2) is 6.29 Å². The number of aliphatic hydroxyl groups is 1. The minimum absolute atomic E-state index is 0.145. The number of thiophene rings is 1. The van der Waals surface area contributed by atoms with Crippen molar-refractivity contribution in [3.8, 4) is 0 Å². The van der Waals surface area contributed by atoms with E-state index in [9.17, 15) is 5.11 Å². The maximum atomic E-state index is 9.22. The van der Waals surface area contributed by atoms with Crippen LogP contribution in [0.15, 0.2) is 24.3 Å². The van der Waals surface area contributed by atoms with Crippen LogP contribution in [0, 0.1) is 6.92 Å². The summed E-state index contributed by atoms with van der Waals surface area (Å²) in [5.74, 6) is 0. The van der Waals surface area contributed by atoms with Gasteiger partial charge in [0, 0.05) is 16.5 Å². The molecule has 0 atom stereocenters. The first-order valence-electron chi connectivity index (χ1n) is 7.38. The minimum Gasteiger partial charge on any atom is -0.396 e. The highest BCUT2D eigenvalue weighted by Crippen LogP contribution is 2.33. The summed E-state index contributed by atoms with van der Waals surface area (Å²) in [6.07, 6.45) is 1.25.